The average molecular weight is 739 g/mol. The Balaban J connectivity index is 0.000000295. The van der Waals surface area contributed by atoms with E-state index in [2.05, 4.69) is 37.8 Å². The van der Waals surface area contributed by atoms with Crippen molar-refractivity contribution in [2.75, 3.05) is 94.3 Å². The van der Waals surface area contributed by atoms with Crippen LogP contribution in [0.4, 0.5) is 22.7 Å². The first-order chi connectivity index (χ1) is 20.6. The molecule has 0 spiro atoms. The Hall–Kier alpha value is -1.97. The number of hydrogen-bond donors (Lipinski definition) is 1. The van der Waals surface area contributed by atoms with Crippen LogP contribution in [0.3, 0.4) is 0 Å². The van der Waals surface area contributed by atoms with Gasteiger partial charge in [0, 0.05) is 91.9 Å². The van der Waals surface area contributed by atoms with E-state index in [4.69, 9.17) is 15.2 Å². The van der Waals surface area contributed by atoms with Crippen LogP contribution in [-0.2, 0) is 43.0 Å². The van der Waals surface area contributed by atoms with Gasteiger partial charge in [0.2, 0.25) is 0 Å². The number of nitro benzene ring substituents is 1. The Labute approximate surface area is 289 Å². The summed E-state index contributed by atoms with van der Waals surface area (Å²) < 4.78 is 10.7. The summed E-state index contributed by atoms with van der Waals surface area (Å²) >= 11 is 0. The predicted molar refractivity (Wildman–Crippen MR) is 182 cm³/mol. The molecule has 256 valence electrons. The zero-order chi connectivity index (χ0) is 29.1. The van der Waals surface area contributed by atoms with Crippen molar-refractivity contribution in [3.05, 3.63) is 65.1 Å². The molecule has 0 aromatic heterocycles. The monoisotopic (exact) mass is 737 g/mol. The van der Waals surface area contributed by atoms with Crippen molar-refractivity contribution >= 4 is 35.2 Å². The van der Waals surface area contributed by atoms with Gasteiger partial charge in [0.15, 0.2) is 0 Å². The summed E-state index contributed by atoms with van der Waals surface area (Å²) in [5.74, 6) is 0. The number of nitrogens with zero attached hydrogens (tertiary/aromatic N) is 5. The third kappa shape index (κ3) is 11.7. The minimum absolute atomic E-state index is 0. The van der Waals surface area contributed by atoms with Gasteiger partial charge in [0.05, 0.1) is 42.7 Å². The van der Waals surface area contributed by atoms with Crippen molar-refractivity contribution in [2.45, 2.75) is 51.6 Å². The SMILES string of the molecule is Cl.Nc1cc(CN2CCOCC2)ccc1N1CCCCC1.O=[N+]([O-])c1cc(CN2CCOCC2)ccc1N1CCCCC1.[CH3-].[Pd]. The molecule has 0 atom stereocenters. The number of nitrogens with two attached hydrogens (primary N) is 1. The standard InChI is InChI=1S/C16H23N3O3.C16H25N3O.CH3.ClH.Pd/c20-19(21)16-12-14(13-17-8-10-22-11-9-17)4-5-15(16)18-6-2-1-3-7-18;17-15-12-14(13-18-8-10-20-11-9-18)4-5-16(15)19-6-2-1-3-7-19;;;/h4-5,12H,1-3,6-11,13H2;4-5,12H,1-3,6-11,13,17H2;1H3;1H;/q;;-1;;. The van der Waals surface area contributed by atoms with Crippen molar-refractivity contribution in [3.8, 4) is 0 Å². The molecule has 6 rings (SSSR count). The van der Waals surface area contributed by atoms with Gasteiger partial charge in [-0.2, -0.15) is 0 Å². The van der Waals surface area contributed by atoms with E-state index in [-0.39, 0.29) is 50.9 Å². The van der Waals surface area contributed by atoms with E-state index >= 15 is 0 Å². The van der Waals surface area contributed by atoms with Crippen LogP contribution in [0.1, 0.15) is 49.7 Å². The molecule has 0 bridgehead atoms. The predicted octanol–water partition coefficient (Wildman–Crippen LogP) is 5.38. The fourth-order valence-corrected chi connectivity index (χ4v) is 6.38. The molecule has 10 nitrogen and oxygen atoms in total. The van der Waals surface area contributed by atoms with Crippen LogP contribution in [0.15, 0.2) is 36.4 Å². The molecular weight excluding hydrogens is 686 g/mol. The molecule has 4 heterocycles. The first kappa shape index (κ1) is 39.2. The normalized spacial score (nSPS) is 19.2. The molecule has 4 saturated heterocycles. The number of nitro groups is 1. The van der Waals surface area contributed by atoms with Gasteiger partial charge in [0.1, 0.15) is 5.69 Å². The Morgan fingerprint density at radius 2 is 1.09 bits per heavy atom. The number of benzene rings is 2. The van der Waals surface area contributed by atoms with Gasteiger partial charge in [0.25, 0.3) is 5.69 Å². The van der Waals surface area contributed by atoms with Crippen molar-refractivity contribution in [1.82, 2.24) is 9.80 Å². The quantitative estimate of drug-likeness (QED) is 0.132. The Morgan fingerprint density at radius 3 is 1.53 bits per heavy atom. The Morgan fingerprint density at radius 1 is 0.667 bits per heavy atom. The van der Waals surface area contributed by atoms with E-state index in [1.54, 1.807) is 6.07 Å². The summed E-state index contributed by atoms with van der Waals surface area (Å²) in [6.07, 6.45) is 7.38. The molecule has 45 heavy (non-hydrogen) atoms. The summed E-state index contributed by atoms with van der Waals surface area (Å²) in [5.41, 5.74) is 11.8. The van der Waals surface area contributed by atoms with Crippen LogP contribution in [0.5, 0.6) is 0 Å². The molecule has 12 heteroatoms. The molecular formula is C33H52ClN6O4Pd-. The van der Waals surface area contributed by atoms with E-state index in [0.29, 0.717) is 0 Å². The maximum Gasteiger partial charge on any atom is 0.292 e. The molecule has 2 aromatic carbocycles. The summed E-state index contributed by atoms with van der Waals surface area (Å²) in [7, 11) is 0. The Bertz CT molecular complexity index is 1150. The van der Waals surface area contributed by atoms with Crippen LogP contribution in [0, 0.1) is 17.5 Å². The summed E-state index contributed by atoms with van der Waals surface area (Å²) in [4.78, 5) is 20.5. The first-order valence-corrected chi connectivity index (χ1v) is 15.8. The van der Waals surface area contributed by atoms with Crippen molar-refractivity contribution < 1.29 is 34.8 Å². The molecule has 2 aromatic rings. The van der Waals surface area contributed by atoms with Crippen LogP contribution in [0.2, 0.25) is 0 Å². The number of ether oxygens (including phenoxy) is 2. The fourth-order valence-electron chi connectivity index (χ4n) is 6.38. The molecule has 0 unspecified atom stereocenters. The molecule has 2 N–H and O–H groups in total. The number of piperidine rings is 2. The topological polar surface area (TPSA) is 101 Å². The summed E-state index contributed by atoms with van der Waals surface area (Å²) in [6, 6.07) is 12.3. The second kappa shape index (κ2) is 20.3. The maximum atomic E-state index is 11.5. The molecule has 0 amide bonds. The molecule has 4 fully saturated rings. The minimum Gasteiger partial charge on any atom is -0.397 e. The second-order valence-corrected chi connectivity index (χ2v) is 11.8. The van der Waals surface area contributed by atoms with Gasteiger partial charge in [-0.15, -0.1) is 12.4 Å². The van der Waals surface area contributed by atoms with Crippen molar-refractivity contribution in [1.29, 1.82) is 0 Å². The van der Waals surface area contributed by atoms with E-state index in [9.17, 15) is 10.1 Å². The van der Waals surface area contributed by atoms with Gasteiger partial charge < -0.3 is 32.4 Å². The number of nitrogen functional groups attached to an aromatic ring is 1. The fraction of sp³-hybridized carbons (Fsp3) is 0.606. The van der Waals surface area contributed by atoms with Crippen LogP contribution in [-0.4, -0.2) is 93.5 Å². The summed E-state index contributed by atoms with van der Waals surface area (Å²) in [5, 5.41) is 11.5. The first-order valence-electron chi connectivity index (χ1n) is 15.8. The minimum atomic E-state index is -0.243. The largest absolute Gasteiger partial charge is 0.397 e. The second-order valence-electron chi connectivity index (χ2n) is 11.8. The van der Waals surface area contributed by atoms with Crippen LogP contribution >= 0.6 is 12.4 Å². The third-order valence-corrected chi connectivity index (χ3v) is 8.74. The Kier molecular flexibility index (Phi) is 17.7. The number of hydrogen-bond acceptors (Lipinski definition) is 9. The molecule has 4 aliphatic heterocycles. The van der Waals surface area contributed by atoms with E-state index in [1.165, 1.54) is 36.9 Å². The average Bonchev–Trinajstić information content (AvgIpc) is 3.03. The smallest absolute Gasteiger partial charge is 0.292 e. The number of halogens is 1. The van der Waals surface area contributed by atoms with E-state index in [0.717, 1.165) is 122 Å². The van der Waals surface area contributed by atoms with E-state index < -0.39 is 0 Å². The molecule has 4 aliphatic rings. The van der Waals surface area contributed by atoms with Gasteiger partial charge in [-0.1, -0.05) is 12.1 Å². The van der Waals surface area contributed by atoms with Crippen LogP contribution < -0.4 is 15.5 Å². The maximum absolute atomic E-state index is 11.5. The third-order valence-electron chi connectivity index (χ3n) is 8.74. The van der Waals surface area contributed by atoms with Crippen LogP contribution in [0.25, 0.3) is 0 Å². The van der Waals surface area contributed by atoms with Gasteiger partial charge in [-0.05, 0) is 67.9 Å². The van der Waals surface area contributed by atoms with Crippen molar-refractivity contribution in [3.63, 3.8) is 0 Å². The van der Waals surface area contributed by atoms with Gasteiger partial charge in [-0.3, -0.25) is 19.9 Å². The molecule has 0 aliphatic carbocycles. The van der Waals surface area contributed by atoms with Gasteiger partial charge >= 0.3 is 0 Å². The number of anilines is 3. The zero-order valence-corrected chi connectivity index (χ0v) is 29.1. The van der Waals surface area contributed by atoms with E-state index in [1.807, 2.05) is 12.1 Å². The number of morpholine rings is 2. The zero-order valence-electron chi connectivity index (χ0n) is 26.8. The van der Waals surface area contributed by atoms with Gasteiger partial charge in [-0.25, -0.2) is 0 Å². The molecule has 0 radical (unpaired) electrons. The molecule has 0 saturated carbocycles. The number of rotatable bonds is 7. The summed E-state index contributed by atoms with van der Waals surface area (Å²) in [6.45, 7) is 12.9. The van der Waals surface area contributed by atoms with Crippen molar-refractivity contribution in [2.24, 2.45) is 0 Å².